The molecule has 1 aliphatic heterocycles. The molecule has 3 aromatic heterocycles. The van der Waals surface area contributed by atoms with Crippen molar-refractivity contribution in [2.45, 2.75) is 39.5 Å². The average molecular weight is 576 g/mol. The Hall–Kier alpha value is -4.56. The molecule has 0 atom stereocenters. The van der Waals surface area contributed by atoms with E-state index in [-0.39, 0.29) is 5.82 Å². The minimum atomic E-state index is -0.240. The van der Waals surface area contributed by atoms with E-state index in [1.54, 1.807) is 18.3 Å². The van der Waals surface area contributed by atoms with Gasteiger partial charge in [-0.1, -0.05) is 12.1 Å². The smallest absolute Gasteiger partial charge is 0.124 e. The summed E-state index contributed by atoms with van der Waals surface area (Å²) < 4.78 is 14.9. The Morgan fingerprint density at radius 3 is 2.77 bits per heavy atom. The Bertz CT molecular complexity index is 1770. The second-order valence-electron chi connectivity index (χ2n) is 11.3. The zero-order valence-electron chi connectivity index (χ0n) is 24.9. The second kappa shape index (κ2) is 12.8. The fourth-order valence-corrected chi connectivity index (χ4v) is 6.12. The molecule has 1 saturated heterocycles. The number of anilines is 1. The lowest BCUT2D eigenvalue weighted by Gasteiger charge is -2.14. The van der Waals surface area contributed by atoms with Crippen molar-refractivity contribution < 1.29 is 4.39 Å². The van der Waals surface area contributed by atoms with E-state index in [0.29, 0.717) is 0 Å². The molecule has 7 nitrogen and oxygen atoms in total. The van der Waals surface area contributed by atoms with Gasteiger partial charge in [0.2, 0.25) is 0 Å². The van der Waals surface area contributed by atoms with E-state index in [0.717, 1.165) is 93.0 Å². The summed E-state index contributed by atoms with van der Waals surface area (Å²) in [4.78, 5) is 14.5. The van der Waals surface area contributed by atoms with Crippen LogP contribution in [0.5, 0.6) is 0 Å². The van der Waals surface area contributed by atoms with Crippen LogP contribution >= 0.6 is 0 Å². The molecule has 4 heterocycles. The Kier molecular flexibility index (Phi) is 8.47. The SMILES string of the molecule is C=N/C=C(/c1cc(F)cc(CCCN2CCCC2)c1)c1cc(-c2n[nH]c3ccc(-c4cncc(NCC)c4)cc23)[nH]c1C. The highest BCUT2D eigenvalue weighted by Gasteiger charge is 2.18. The van der Waals surface area contributed by atoms with Gasteiger partial charge in [0.25, 0.3) is 0 Å². The van der Waals surface area contributed by atoms with Gasteiger partial charge in [-0.05, 0) is 119 Å². The molecule has 0 radical (unpaired) electrons. The van der Waals surface area contributed by atoms with E-state index in [1.165, 1.54) is 25.9 Å². The van der Waals surface area contributed by atoms with Gasteiger partial charge in [-0.15, -0.1) is 0 Å². The minimum Gasteiger partial charge on any atom is -0.384 e. The number of hydrogen-bond donors (Lipinski definition) is 3. The first kappa shape index (κ1) is 28.6. The van der Waals surface area contributed by atoms with Crippen LogP contribution in [0.4, 0.5) is 10.1 Å². The molecule has 0 unspecified atom stereocenters. The lowest BCUT2D eigenvalue weighted by atomic mass is 9.95. The first-order chi connectivity index (χ1) is 21.0. The molecule has 0 bridgehead atoms. The van der Waals surface area contributed by atoms with Gasteiger partial charge in [-0.3, -0.25) is 15.1 Å². The topological polar surface area (TPSA) is 85.0 Å². The zero-order chi connectivity index (χ0) is 29.8. The van der Waals surface area contributed by atoms with E-state index in [9.17, 15) is 4.39 Å². The highest BCUT2D eigenvalue weighted by molar-refractivity contribution is 5.96. The van der Waals surface area contributed by atoms with E-state index in [1.807, 2.05) is 25.4 Å². The first-order valence-electron chi connectivity index (χ1n) is 15.1. The number of hydrogen-bond acceptors (Lipinski definition) is 5. The summed E-state index contributed by atoms with van der Waals surface area (Å²) in [5.74, 6) is -0.240. The minimum absolute atomic E-state index is 0.240. The number of nitrogens with one attached hydrogen (secondary N) is 3. The quantitative estimate of drug-likeness (QED) is 0.142. The molecule has 43 heavy (non-hydrogen) atoms. The molecular formula is C35H38FN7. The Morgan fingerprint density at radius 1 is 1.09 bits per heavy atom. The van der Waals surface area contributed by atoms with Crippen molar-refractivity contribution in [3.63, 3.8) is 0 Å². The lowest BCUT2D eigenvalue weighted by Crippen LogP contribution is -2.20. The van der Waals surface area contributed by atoms with E-state index >= 15 is 0 Å². The van der Waals surface area contributed by atoms with Crippen molar-refractivity contribution in [2.24, 2.45) is 4.99 Å². The molecular weight excluding hydrogens is 537 g/mol. The maximum atomic E-state index is 14.9. The van der Waals surface area contributed by atoms with Crippen LogP contribution in [0.1, 0.15) is 48.6 Å². The van der Waals surface area contributed by atoms with E-state index in [4.69, 9.17) is 0 Å². The highest BCUT2D eigenvalue weighted by atomic mass is 19.1. The summed E-state index contributed by atoms with van der Waals surface area (Å²) in [6.45, 7) is 12.0. The second-order valence-corrected chi connectivity index (χ2v) is 11.3. The standard InChI is InChI=1S/C35H38FN7/c1-4-39-29-17-27(20-38-21-29)25-9-10-33-31(18-25)35(42-41-33)34-19-30(23(2)40-34)32(22-37-3)26-14-24(15-28(36)16-26)8-7-13-43-11-5-6-12-43/h9-10,14-22,39-40H,3-8,11-13H2,1-2H3,(H,41,42)/b32-22-. The van der Waals surface area contributed by atoms with Crippen LogP contribution in [0.15, 0.2) is 72.1 Å². The zero-order valence-corrected chi connectivity index (χ0v) is 24.9. The molecule has 1 fully saturated rings. The largest absolute Gasteiger partial charge is 0.384 e. The van der Waals surface area contributed by atoms with Gasteiger partial charge in [0.15, 0.2) is 0 Å². The van der Waals surface area contributed by atoms with Gasteiger partial charge in [0.1, 0.15) is 11.5 Å². The number of likely N-dealkylation sites (tertiary alicyclic amines) is 1. The number of halogens is 1. The summed E-state index contributed by atoms with van der Waals surface area (Å²) >= 11 is 0. The number of rotatable bonds is 11. The lowest BCUT2D eigenvalue weighted by molar-refractivity contribution is 0.334. The normalized spacial score (nSPS) is 14.1. The summed E-state index contributed by atoms with van der Waals surface area (Å²) in [6.07, 6.45) is 9.83. The molecule has 1 aliphatic rings. The summed E-state index contributed by atoms with van der Waals surface area (Å²) in [5.41, 5.74) is 10.2. The Labute approximate surface area is 252 Å². The van der Waals surface area contributed by atoms with Crippen molar-refractivity contribution >= 4 is 28.9 Å². The van der Waals surface area contributed by atoms with Crippen LogP contribution in [-0.4, -0.2) is 58.0 Å². The summed E-state index contributed by atoms with van der Waals surface area (Å²) in [7, 11) is 0. The van der Waals surface area contributed by atoms with Crippen LogP contribution in [0.25, 0.3) is 39.0 Å². The molecule has 6 rings (SSSR count). The number of nitrogens with zero attached hydrogens (tertiary/aromatic N) is 4. The molecule has 0 saturated carbocycles. The number of benzene rings is 2. The molecule has 3 N–H and O–H groups in total. The van der Waals surface area contributed by atoms with Crippen molar-refractivity contribution in [1.82, 2.24) is 25.1 Å². The third-order valence-corrected chi connectivity index (χ3v) is 8.20. The number of aromatic amines is 2. The summed E-state index contributed by atoms with van der Waals surface area (Å²) in [6, 6.07) is 15.8. The monoisotopic (exact) mass is 575 g/mol. The maximum absolute atomic E-state index is 14.9. The fraction of sp³-hybridized carbons (Fsp3) is 0.286. The van der Waals surface area contributed by atoms with Gasteiger partial charge < -0.3 is 15.2 Å². The van der Waals surface area contributed by atoms with Crippen molar-refractivity contribution in [1.29, 1.82) is 0 Å². The predicted octanol–water partition coefficient (Wildman–Crippen LogP) is 7.62. The fourth-order valence-electron chi connectivity index (χ4n) is 6.12. The van der Waals surface area contributed by atoms with E-state index in [2.05, 4.69) is 79.3 Å². The van der Waals surface area contributed by atoms with Crippen LogP contribution in [0.2, 0.25) is 0 Å². The maximum Gasteiger partial charge on any atom is 0.124 e. The Morgan fingerprint density at radius 2 is 1.95 bits per heavy atom. The molecule has 220 valence electrons. The number of aromatic nitrogens is 4. The third-order valence-electron chi connectivity index (χ3n) is 8.20. The number of pyridine rings is 1. The van der Waals surface area contributed by atoms with Gasteiger partial charge in [-0.2, -0.15) is 5.10 Å². The summed E-state index contributed by atoms with van der Waals surface area (Å²) in [5, 5.41) is 12.2. The molecule has 8 heteroatoms. The van der Waals surface area contributed by atoms with Crippen molar-refractivity contribution in [3.8, 4) is 22.5 Å². The van der Waals surface area contributed by atoms with Crippen molar-refractivity contribution in [3.05, 3.63) is 95.3 Å². The molecule has 5 aromatic rings. The van der Waals surface area contributed by atoms with Crippen LogP contribution in [0, 0.1) is 12.7 Å². The van der Waals surface area contributed by atoms with Crippen molar-refractivity contribution in [2.75, 3.05) is 31.5 Å². The number of H-pyrrole nitrogens is 2. The predicted molar refractivity (Wildman–Crippen MR) is 175 cm³/mol. The van der Waals surface area contributed by atoms with Crippen LogP contribution < -0.4 is 5.32 Å². The molecule has 0 aliphatic carbocycles. The number of aryl methyl sites for hydroxylation is 2. The number of aliphatic imine (C=N–C) groups is 1. The van der Waals surface area contributed by atoms with Gasteiger partial charge in [0.05, 0.1) is 16.9 Å². The molecule has 0 amide bonds. The van der Waals surface area contributed by atoms with Gasteiger partial charge >= 0.3 is 0 Å². The van der Waals surface area contributed by atoms with Gasteiger partial charge in [0, 0.05) is 52.9 Å². The van der Waals surface area contributed by atoms with Gasteiger partial charge in [-0.25, -0.2) is 4.39 Å². The number of fused-ring (bicyclic) bond motifs is 1. The first-order valence-corrected chi connectivity index (χ1v) is 15.1. The molecule has 0 spiro atoms. The average Bonchev–Trinajstić information content (AvgIpc) is 3.76. The van der Waals surface area contributed by atoms with Crippen LogP contribution in [0.3, 0.4) is 0 Å². The Balaban J connectivity index is 1.31. The third kappa shape index (κ3) is 6.29. The van der Waals surface area contributed by atoms with Crippen LogP contribution in [-0.2, 0) is 6.42 Å². The molecule has 2 aromatic carbocycles. The highest BCUT2D eigenvalue weighted by Crippen LogP contribution is 2.35. The van der Waals surface area contributed by atoms with E-state index < -0.39 is 0 Å².